The summed E-state index contributed by atoms with van der Waals surface area (Å²) < 4.78 is 5.07. The van der Waals surface area contributed by atoms with Crippen LogP contribution in [0.2, 0.25) is 0 Å². The van der Waals surface area contributed by atoms with Gasteiger partial charge in [-0.05, 0) is 31.0 Å². The molecule has 3 nitrogen and oxygen atoms in total. The third kappa shape index (κ3) is 5.13. The molecule has 2 N–H and O–H groups in total. The van der Waals surface area contributed by atoms with Crippen LogP contribution in [0.1, 0.15) is 25.3 Å². The molecule has 0 amide bonds. The predicted octanol–water partition coefficient (Wildman–Crippen LogP) is 3.01. The molecule has 1 rings (SSSR count). The molecule has 1 aromatic rings. The number of esters is 1. The van der Waals surface area contributed by atoms with Gasteiger partial charge in [-0.25, -0.2) is 0 Å². The van der Waals surface area contributed by atoms with Gasteiger partial charge in [-0.15, -0.1) is 11.8 Å². The summed E-state index contributed by atoms with van der Waals surface area (Å²) in [7, 11) is 0. The quantitative estimate of drug-likeness (QED) is 0.366. The van der Waals surface area contributed by atoms with Gasteiger partial charge in [-0.1, -0.05) is 19.4 Å². The van der Waals surface area contributed by atoms with Gasteiger partial charge in [0.25, 0.3) is 0 Å². The molecule has 17 heavy (non-hydrogen) atoms. The summed E-state index contributed by atoms with van der Waals surface area (Å²) in [6, 6.07) is 5.83. The Balaban J connectivity index is 2.37. The minimum atomic E-state index is -0.177. The molecule has 0 saturated carbocycles. The SMILES string of the molecule is CCCCOC(=O)CSc1ccc(C)cc1N. The van der Waals surface area contributed by atoms with Crippen LogP contribution in [0, 0.1) is 6.92 Å². The first kappa shape index (κ1) is 13.9. The van der Waals surface area contributed by atoms with Crippen molar-refractivity contribution in [2.75, 3.05) is 18.1 Å². The lowest BCUT2D eigenvalue weighted by molar-refractivity contribution is -0.140. The van der Waals surface area contributed by atoms with Gasteiger partial charge >= 0.3 is 5.97 Å². The molecule has 0 saturated heterocycles. The fourth-order valence-corrected chi connectivity index (χ4v) is 2.05. The van der Waals surface area contributed by atoms with Gasteiger partial charge in [0.05, 0.1) is 12.4 Å². The van der Waals surface area contributed by atoms with Crippen molar-refractivity contribution in [2.45, 2.75) is 31.6 Å². The van der Waals surface area contributed by atoms with E-state index in [4.69, 9.17) is 10.5 Å². The molecule has 0 bridgehead atoms. The van der Waals surface area contributed by atoms with Crippen molar-refractivity contribution in [3.63, 3.8) is 0 Å². The van der Waals surface area contributed by atoms with E-state index in [2.05, 4.69) is 6.92 Å². The summed E-state index contributed by atoms with van der Waals surface area (Å²) in [6.45, 7) is 4.57. The molecule has 0 radical (unpaired) electrons. The Hall–Kier alpha value is -1.16. The van der Waals surface area contributed by atoms with Crippen LogP contribution in [0.25, 0.3) is 0 Å². The summed E-state index contributed by atoms with van der Waals surface area (Å²) in [4.78, 5) is 12.3. The topological polar surface area (TPSA) is 52.3 Å². The molecule has 0 aliphatic carbocycles. The maximum atomic E-state index is 11.4. The number of aryl methyl sites for hydroxylation is 1. The number of ether oxygens (including phenoxy) is 1. The van der Waals surface area contributed by atoms with Gasteiger partial charge in [0.1, 0.15) is 0 Å². The van der Waals surface area contributed by atoms with Crippen LogP contribution in [0.4, 0.5) is 5.69 Å². The molecule has 0 aliphatic heterocycles. The van der Waals surface area contributed by atoms with Crippen LogP contribution in [0.5, 0.6) is 0 Å². The number of hydrogen-bond donors (Lipinski definition) is 1. The van der Waals surface area contributed by atoms with Gasteiger partial charge in [0, 0.05) is 10.6 Å². The maximum absolute atomic E-state index is 11.4. The van der Waals surface area contributed by atoms with Crippen LogP contribution >= 0.6 is 11.8 Å². The summed E-state index contributed by atoms with van der Waals surface area (Å²) >= 11 is 1.42. The number of carbonyl (C=O) groups excluding carboxylic acids is 1. The van der Waals surface area contributed by atoms with E-state index in [1.165, 1.54) is 11.8 Å². The van der Waals surface area contributed by atoms with Crippen molar-refractivity contribution in [3.8, 4) is 0 Å². The van der Waals surface area contributed by atoms with Crippen LogP contribution < -0.4 is 5.73 Å². The average Bonchev–Trinajstić information content (AvgIpc) is 2.28. The average molecular weight is 253 g/mol. The number of benzene rings is 1. The summed E-state index contributed by atoms with van der Waals surface area (Å²) in [5.41, 5.74) is 7.70. The van der Waals surface area contributed by atoms with Crippen LogP contribution in [-0.4, -0.2) is 18.3 Å². The summed E-state index contributed by atoms with van der Waals surface area (Å²) in [6.07, 6.45) is 1.95. The Kier molecular flexibility index (Phi) is 5.91. The third-order valence-corrected chi connectivity index (χ3v) is 3.33. The number of carbonyl (C=O) groups is 1. The maximum Gasteiger partial charge on any atom is 0.316 e. The second-order valence-corrected chi connectivity index (χ2v) is 4.92. The minimum Gasteiger partial charge on any atom is -0.465 e. The van der Waals surface area contributed by atoms with Crippen molar-refractivity contribution in [2.24, 2.45) is 0 Å². The van der Waals surface area contributed by atoms with Crippen molar-refractivity contribution in [3.05, 3.63) is 23.8 Å². The summed E-state index contributed by atoms with van der Waals surface area (Å²) in [5, 5.41) is 0. The molecule has 0 unspecified atom stereocenters. The molecule has 0 atom stereocenters. The minimum absolute atomic E-state index is 0.177. The van der Waals surface area contributed by atoms with Crippen molar-refractivity contribution < 1.29 is 9.53 Å². The molecule has 0 aliphatic rings. The van der Waals surface area contributed by atoms with Crippen molar-refractivity contribution in [1.82, 2.24) is 0 Å². The van der Waals surface area contributed by atoms with Gasteiger partial charge in [-0.2, -0.15) is 0 Å². The lowest BCUT2D eigenvalue weighted by Gasteiger charge is -2.06. The number of nitrogens with two attached hydrogens (primary N) is 1. The monoisotopic (exact) mass is 253 g/mol. The van der Waals surface area contributed by atoms with E-state index < -0.39 is 0 Å². The molecule has 0 aromatic heterocycles. The van der Waals surface area contributed by atoms with Crippen LogP contribution in [-0.2, 0) is 9.53 Å². The molecule has 94 valence electrons. The standard InChI is InChI=1S/C13H19NO2S/c1-3-4-7-16-13(15)9-17-12-6-5-10(2)8-11(12)14/h5-6,8H,3-4,7,9,14H2,1-2H3. The van der Waals surface area contributed by atoms with E-state index in [1.807, 2.05) is 25.1 Å². The highest BCUT2D eigenvalue weighted by molar-refractivity contribution is 8.00. The number of thioether (sulfide) groups is 1. The number of nitrogen functional groups attached to an aromatic ring is 1. The van der Waals surface area contributed by atoms with Crippen LogP contribution in [0.15, 0.2) is 23.1 Å². The molecular weight excluding hydrogens is 234 g/mol. The van der Waals surface area contributed by atoms with Gasteiger partial charge < -0.3 is 10.5 Å². The number of unbranched alkanes of at least 4 members (excludes halogenated alkanes) is 1. The van der Waals surface area contributed by atoms with Gasteiger partial charge in [0.2, 0.25) is 0 Å². The highest BCUT2D eigenvalue weighted by Crippen LogP contribution is 2.25. The fourth-order valence-electron chi connectivity index (χ4n) is 1.31. The number of hydrogen-bond acceptors (Lipinski definition) is 4. The number of anilines is 1. The van der Waals surface area contributed by atoms with Crippen molar-refractivity contribution in [1.29, 1.82) is 0 Å². The second kappa shape index (κ2) is 7.22. The molecule has 0 heterocycles. The van der Waals surface area contributed by atoms with Gasteiger partial charge in [0.15, 0.2) is 0 Å². The van der Waals surface area contributed by atoms with E-state index in [-0.39, 0.29) is 5.97 Å². The Morgan fingerprint density at radius 1 is 1.47 bits per heavy atom. The van der Waals surface area contributed by atoms with Gasteiger partial charge in [-0.3, -0.25) is 4.79 Å². The lowest BCUT2D eigenvalue weighted by Crippen LogP contribution is -2.08. The summed E-state index contributed by atoms with van der Waals surface area (Å²) in [5.74, 6) is 0.139. The third-order valence-electron chi connectivity index (χ3n) is 2.27. The van der Waals surface area contributed by atoms with Crippen molar-refractivity contribution >= 4 is 23.4 Å². The van der Waals surface area contributed by atoms with E-state index >= 15 is 0 Å². The lowest BCUT2D eigenvalue weighted by atomic mass is 10.2. The molecular formula is C13H19NO2S. The zero-order valence-corrected chi connectivity index (χ0v) is 11.2. The van der Waals surface area contributed by atoms with E-state index in [0.29, 0.717) is 12.4 Å². The highest BCUT2D eigenvalue weighted by atomic mass is 32.2. The molecule has 4 heteroatoms. The first-order chi connectivity index (χ1) is 8.13. The van der Waals surface area contributed by atoms with E-state index in [9.17, 15) is 4.79 Å². The van der Waals surface area contributed by atoms with E-state index in [1.54, 1.807) is 0 Å². The van der Waals surface area contributed by atoms with Crippen LogP contribution in [0.3, 0.4) is 0 Å². The Morgan fingerprint density at radius 2 is 2.24 bits per heavy atom. The molecule has 0 fully saturated rings. The largest absolute Gasteiger partial charge is 0.465 e. The Bertz CT molecular complexity index is 380. The Morgan fingerprint density at radius 3 is 2.88 bits per heavy atom. The molecule has 0 spiro atoms. The first-order valence-corrected chi connectivity index (χ1v) is 6.76. The molecule has 1 aromatic carbocycles. The smallest absolute Gasteiger partial charge is 0.316 e. The zero-order valence-electron chi connectivity index (χ0n) is 10.4. The zero-order chi connectivity index (χ0) is 12.7. The fraction of sp³-hybridized carbons (Fsp3) is 0.462. The first-order valence-electron chi connectivity index (χ1n) is 5.78. The predicted molar refractivity (Wildman–Crippen MR) is 72.2 cm³/mol. The Labute approximate surface area is 107 Å². The highest BCUT2D eigenvalue weighted by Gasteiger charge is 2.06. The number of rotatable bonds is 6. The van der Waals surface area contributed by atoms with E-state index in [0.717, 1.165) is 29.0 Å². The second-order valence-electron chi connectivity index (χ2n) is 3.90. The normalized spacial score (nSPS) is 10.2.